The Hall–Kier alpha value is -1.58. The first kappa shape index (κ1) is 7.09. The number of nitrogens with two attached hydrogens (primary N) is 1. The Morgan fingerprint density at radius 3 is 2.92 bits per heavy atom. The second kappa shape index (κ2) is 2.20. The summed E-state index contributed by atoms with van der Waals surface area (Å²) in [6, 6.07) is 1.85. The van der Waals surface area contributed by atoms with Gasteiger partial charge in [-0.2, -0.15) is 5.10 Å². The second-order valence-corrected chi connectivity index (χ2v) is 2.90. The van der Waals surface area contributed by atoms with Crippen LogP contribution in [0.1, 0.15) is 11.4 Å². The number of aromatic amines is 1. The van der Waals surface area contributed by atoms with Crippen molar-refractivity contribution in [2.45, 2.75) is 13.8 Å². The van der Waals surface area contributed by atoms with Crippen LogP contribution in [0.15, 0.2) is 6.07 Å². The van der Waals surface area contributed by atoms with E-state index in [0.717, 1.165) is 22.5 Å². The van der Waals surface area contributed by atoms with Crippen LogP contribution >= 0.6 is 0 Å². The lowest BCUT2D eigenvalue weighted by atomic mass is 10.2. The number of nitrogens with one attached hydrogen (secondary N) is 1. The lowest BCUT2D eigenvalue weighted by Crippen LogP contribution is -1.90. The van der Waals surface area contributed by atoms with Crippen molar-refractivity contribution < 1.29 is 0 Å². The van der Waals surface area contributed by atoms with Crippen molar-refractivity contribution in [1.82, 2.24) is 15.2 Å². The average molecular weight is 162 g/mol. The van der Waals surface area contributed by atoms with Crippen LogP contribution in [0.25, 0.3) is 11.0 Å². The average Bonchev–Trinajstić information content (AvgIpc) is 2.31. The largest absolute Gasteiger partial charge is 0.398 e. The molecule has 0 atom stereocenters. The van der Waals surface area contributed by atoms with E-state index < -0.39 is 0 Å². The Labute approximate surface area is 69.8 Å². The van der Waals surface area contributed by atoms with Gasteiger partial charge in [0.2, 0.25) is 0 Å². The van der Waals surface area contributed by atoms with Crippen molar-refractivity contribution in [2.24, 2.45) is 0 Å². The third-order valence-electron chi connectivity index (χ3n) is 1.86. The number of aromatic nitrogens is 3. The lowest BCUT2D eigenvalue weighted by Gasteiger charge is -1.97. The van der Waals surface area contributed by atoms with Gasteiger partial charge >= 0.3 is 0 Å². The maximum Gasteiger partial charge on any atom is 0.183 e. The molecule has 2 aromatic heterocycles. The van der Waals surface area contributed by atoms with Crippen LogP contribution in [0, 0.1) is 13.8 Å². The predicted octanol–water partition coefficient (Wildman–Crippen LogP) is 1.16. The molecule has 0 aliphatic rings. The maximum atomic E-state index is 5.80. The van der Waals surface area contributed by atoms with Crippen LogP contribution in [0.5, 0.6) is 0 Å². The monoisotopic (exact) mass is 162 g/mol. The predicted molar refractivity (Wildman–Crippen MR) is 47.8 cm³/mol. The first-order valence-corrected chi connectivity index (χ1v) is 3.76. The van der Waals surface area contributed by atoms with Crippen molar-refractivity contribution in [3.8, 4) is 0 Å². The highest BCUT2D eigenvalue weighted by atomic mass is 15.1. The summed E-state index contributed by atoms with van der Waals surface area (Å²) in [4.78, 5) is 4.23. The molecular formula is C8H10N4. The Morgan fingerprint density at radius 1 is 1.42 bits per heavy atom. The van der Waals surface area contributed by atoms with E-state index in [1.165, 1.54) is 0 Å². The summed E-state index contributed by atoms with van der Waals surface area (Å²) >= 11 is 0. The van der Waals surface area contributed by atoms with Gasteiger partial charge in [-0.05, 0) is 19.9 Å². The van der Waals surface area contributed by atoms with Gasteiger partial charge in [0.15, 0.2) is 5.65 Å². The van der Waals surface area contributed by atoms with Crippen molar-refractivity contribution >= 4 is 16.7 Å². The number of aryl methyl sites for hydroxylation is 2. The second-order valence-electron chi connectivity index (χ2n) is 2.90. The van der Waals surface area contributed by atoms with Crippen LogP contribution in [0.3, 0.4) is 0 Å². The molecule has 2 aromatic rings. The minimum Gasteiger partial charge on any atom is -0.398 e. The molecule has 3 N–H and O–H groups in total. The first-order chi connectivity index (χ1) is 5.68. The van der Waals surface area contributed by atoms with E-state index in [-0.39, 0.29) is 0 Å². The molecule has 0 aliphatic carbocycles. The van der Waals surface area contributed by atoms with E-state index in [1.807, 2.05) is 19.9 Å². The number of nitrogens with zero attached hydrogens (tertiary/aromatic N) is 2. The Bertz CT molecular complexity index is 430. The molecule has 0 spiro atoms. The van der Waals surface area contributed by atoms with Crippen LogP contribution in [0.4, 0.5) is 5.69 Å². The fraction of sp³-hybridized carbons (Fsp3) is 0.250. The van der Waals surface area contributed by atoms with Gasteiger partial charge in [0.05, 0.1) is 5.39 Å². The van der Waals surface area contributed by atoms with Crippen LogP contribution in [-0.4, -0.2) is 15.2 Å². The number of nitrogen functional groups attached to an aromatic ring is 1. The molecule has 0 saturated carbocycles. The van der Waals surface area contributed by atoms with Crippen LogP contribution in [-0.2, 0) is 0 Å². The molecule has 0 aromatic carbocycles. The summed E-state index contributed by atoms with van der Waals surface area (Å²) in [5, 5.41) is 7.81. The van der Waals surface area contributed by atoms with Crippen LogP contribution in [0.2, 0.25) is 0 Å². The van der Waals surface area contributed by atoms with Crippen molar-refractivity contribution in [3.05, 3.63) is 17.5 Å². The molecule has 0 aliphatic heterocycles. The molecule has 0 unspecified atom stereocenters. The molecule has 0 bridgehead atoms. The Kier molecular flexibility index (Phi) is 1.30. The summed E-state index contributed by atoms with van der Waals surface area (Å²) in [5.41, 5.74) is 9.10. The van der Waals surface area contributed by atoms with Gasteiger partial charge < -0.3 is 5.73 Å². The third kappa shape index (κ3) is 0.845. The fourth-order valence-electron chi connectivity index (χ4n) is 1.34. The molecule has 2 heterocycles. The van der Waals surface area contributed by atoms with E-state index in [1.54, 1.807) is 0 Å². The van der Waals surface area contributed by atoms with E-state index in [9.17, 15) is 0 Å². The molecule has 62 valence electrons. The van der Waals surface area contributed by atoms with Gasteiger partial charge in [-0.25, -0.2) is 4.98 Å². The van der Waals surface area contributed by atoms with Crippen molar-refractivity contribution in [2.75, 3.05) is 5.73 Å². The van der Waals surface area contributed by atoms with Crippen molar-refractivity contribution in [1.29, 1.82) is 0 Å². The lowest BCUT2D eigenvalue weighted by molar-refractivity contribution is 1.05. The van der Waals surface area contributed by atoms with Gasteiger partial charge in [-0.15, -0.1) is 0 Å². The van der Waals surface area contributed by atoms with Gasteiger partial charge in [0, 0.05) is 17.1 Å². The quantitative estimate of drug-likeness (QED) is 0.610. The Morgan fingerprint density at radius 2 is 2.17 bits per heavy atom. The number of rotatable bonds is 0. The number of hydrogen-bond donors (Lipinski definition) is 2. The molecule has 12 heavy (non-hydrogen) atoms. The van der Waals surface area contributed by atoms with Gasteiger partial charge in [0.25, 0.3) is 0 Å². The fourth-order valence-corrected chi connectivity index (χ4v) is 1.34. The molecular weight excluding hydrogens is 152 g/mol. The third-order valence-corrected chi connectivity index (χ3v) is 1.86. The topological polar surface area (TPSA) is 67.6 Å². The number of fused-ring (bicyclic) bond motifs is 1. The standard InChI is InChI=1S/C8H10N4/c1-4-3-6(9)7-5(2)11-12-8(7)10-4/h3H,1-2H3,(H3,9,10,11,12). The zero-order chi connectivity index (χ0) is 8.72. The van der Waals surface area contributed by atoms with Crippen molar-refractivity contribution in [3.63, 3.8) is 0 Å². The molecule has 2 rings (SSSR count). The molecule has 4 nitrogen and oxygen atoms in total. The molecule has 4 heteroatoms. The molecule has 0 radical (unpaired) electrons. The Balaban J connectivity index is 2.93. The van der Waals surface area contributed by atoms with E-state index in [4.69, 9.17) is 5.73 Å². The molecule has 0 saturated heterocycles. The normalized spacial score (nSPS) is 10.8. The number of hydrogen-bond acceptors (Lipinski definition) is 3. The molecule has 0 fully saturated rings. The highest BCUT2D eigenvalue weighted by molar-refractivity contribution is 5.89. The van der Waals surface area contributed by atoms with E-state index >= 15 is 0 Å². The minimum atomic E-state index is 0.699. The SMILES string of the molecule is Cc1cc(N)c2c(C)[nH]nc2n1. The number of anilines is 1. The highest BCUT2D eigenvalue weighted by Gasteiger charge is 2.06. The minimum absolute atomic E-state index is 0.699. The van der Waals surface area contributed by atoms with Gasteiger partial charge in [0.1, 0.15) is 0 Å². The zero-order valence-corrected chi connectivity index (χ0v) is 7.05. The number of H-pyrrole nitrogens is 1. The maximum absolute atomic E-state index is 5.80. The van der Waals surface area contributed by atoms with Gasteiger partial charge in [-0.1, -0.05) is 0 Å². The summed E-state index contributed by atoms with van der Waals surface area (Å²) < 4.78 is 0. The molecule has 0 amide bonds. The zero-order valence-electron chi connectivity index (χ0n) is 7.05. The van der Waals surface area contributed by atoms with E-state index in [0.29, 0.717) is 5.65 Å². The summed E-state index contributed by atoms with van der Waals surface area (Å²) in [6.45, 7) is 3.84. The summed E-state index contributed by atoms with van der Waals surface area (Å²) in [5.74, 6) is 0. The summed E-state index contributed by atoms with van der Waals surface area (Å²) in [6.07, 6.45) is 0. The van der Waals surface area contributed by atoms with E-state index in [2.05, 4.69) is 15.2 Å². The smallest absolute Gasteiger partial charge is 0.183 e. The summed E-state index contributed by atoms with van der Waals surface area (Å²) in [7, 11) is 0. The van der Waals surface area contributed by atoms with Crippen LogP contribution < -0.4 is 5.73 Å². The number of pyridine rings is 1. The highest BCUT2D eigenvalue weighted by Crippen LogP contribution is 2.20. The van der Waals surface area contributed by atoms with Gasteiger partial charge in [-0.3, -0.25) is 5.10 Å². The first-order valence-electron chi connectivity index (χ1n) is 3.76.